The predicted octanol–water partition coefficient (Wildman–Crippen LogP) is 2.77. The number of aryl methyl sites for hydroxylation is 1. The smallest absolute Gasteiger partial charge is 0.237 e. The first-order chi connectivity index (χ1) is 11.6. The highest BCUT2D eigenvalue weighted by Crippen LogP contribution is 2.39. The van der Waals surface area contributed by atoms with E-state index in [0.29, 0.717) is 23.2 Å². The lowest BCUT2D eigenvalue weighted by Crippen LogP contribution is -2.23. The number of anilines is 1. The van der Waals surface area contributed by atoms with Gasteiger partial charge < -0.3 is 19.4 Å². The van der Waals surface area contributed by atoms with E-state index in [9.17, 15) is 4.79 Å². The Kier molecular flexibility index (Phi) is 3.84. The van der Waals surface area contributed by atoms with Crippen LogP contribution in [0.15, 0.2) is 23.4 Å². The summed E-state index contributed by atoms with van der Waals surface area (Å²) >= 11 is 1.43. The minimum atomic E-state index is -0.281. The molecule has 1 amide bonds. The van der Waals surface area contributed by atoms with Gasteiger partial charge in [0.15, 0.2) is 16.7 Å². The van der Waals surface area contributed by atoms with Gasteiger partial charge in [-0.05, 0) is 38.8 Å². The van der Waals surface area contributed by atoms with Crippen molar-refractivity contribution in [3.63, 3.8) is 0 Å². The number of nitrogens with zero attached hydrogens (tertiary/aromatic N) is 3. The second kappa shape index (κ2) is 6.01. The van der Waals surface area contributed by atoms with Gasteiger partial charge in [-0.2, -0.15) is 0 Å². The molecule has 1 fully saturated rings. The highest BCUT2D eigenvalue weighted by Gasteiger charge is 2.30. The van der Waals surface area contributed by atoms with Crippen molar-refractivity contribution >= 4 is 23.4 Å². The minimum absolute atomic E-state index is 0.0816. The van der Waals surface area contributed by atoms with Crippen LogP contribution in [-0.2, 0) is 4.79 Å². The van der Waals surface area contributed by atoms with E-state index in [0.717, 1.165) is 23.8 Å². The second-order valence-corrected chi connectivity index (χ2v) is 7.26. The van der Waals surface area contributed by atoms with E-state index in [2.05, 4.69) is 20.1 Å². The Balaban J connectivity index is 1.43. The van der Waals surface area contributed by atoms with Gasteiger partial charge in [0.05, 0.1) is 5.25 Å². The lowest BCUT2D eigenvalue weighted by molar-refractivity contribution is -0.115. The lowest BCUT2D eigenvalue weighted by Gasteiger charge is -2.13. The molecule has 0 spiro atoms. The summed E-state index contributed by atoms with van der Waals surface area (Å²) in [6.07, 6.45) is 2.31. The Bertz CT molecular complexity index is 788. The number of hydrogen-bond donors (Lipinski definition) is 1. The molecule has 0 unspecified atom stereocenters. The standard InChI is InChI=1S/C16H18N4O3S/c1-9(24-16-19-18-10(2)20(16)12-4-5-12)15(21)17-11-3-6-13-14(7-11)23-8-22-13/h3,6-7,9,12H,4-5,8H2,1-2H3,(H,17,21)/t9-/m0/s1. The van der Waals surface area contributed by atoms with Crippen LogP contribution in [-0.4, -0.2) is 32.7 Å². The maximum absolute atomic E-state index is 12.5. The molecule has 24 heavy (non-hydrogen) atoms. The average molecular weight is 346 g/mol. The molecule has 2 aliphatic rings. The van der Waals surface area contributed by atoms with E-state index in [4.69, 9.17) is 9.47 Å². The zero-order chi connectivity index (χ0) is 16.7. The van der Waals surface area contributed by atoms with Crippen LogP contribution in [0.25, 0.3) is 0 Å². The van der Waals surface area contributed by atoms with Gasteiger partial charge in [-0.1, -0.05) is 11.8 Å². The van der Waals surface area contributed by atoms with Crippen molar-refractivity contribution in [3.8, 4) is 11.5 Å². The number of nitrogens with one attached hydrogen (secondary N) is 1. The third-order valence-electron chi connectivity index (χ3n) is 4.04. The van der Waals surface area contributed by atoms with E-state index in [1.54, 1.807) is 18.2 Å². The van der Waals surface area contributed by atoms with Gasteiger partial charge >= 0.3 is 0 Å². The Morgan fingerprint density at radius 3 is 2.92 bits per heavy atom. The van der Waals surface area contributed by atoms with Crippen molar-refractivity contribution in [2.75, 3.05) is 12.1 Å². The second-order valence-electron chi connectivity index (χ2n) is 5.95. The summed E-state index contributed by atoms with van der Waals surface area (Å²) in [6.45, 7) is 4.04. The first kappa shape index (κ1) is 15.3. The number of thioether (sulfide) groups is 1. The molecule has 7 nitrogen and oxygen atoms in total. The number of aromatic nitrogens is 3. The van der Waals surface area contributed by atoms with Gasteiger partial charge in [-0.15, -0.1) is 10.2 Å². The molecule has 4 rings (SSSR count). The van der Waals surface area contributed by atoms with Crippen molar-refractivity contribution in [2.45, 2.75) is 43.1 Å². The summed E-state index contributed by atoms with van der Waals surface area (Å²) in [7, 11) is 0. The zero-order valence-corrected chi connectivity index (χ0v) is 14.3. The number of rotatable bonds is 5. The van der Waals surface area contributed by atoms with E-state index >= 15 is 0 Å². The fourth-order valence-corrected chi connectivity index (χ4v) is 3.58. The highest BCUT2D eigenvalue weighted by molar-refractivity contribution is 8.00. The minimum Gasteiger partial charge on any atom is -0.454 e. The molecule has 2 heterocycles. The number of benzene rings is 1. The fourth-order valence-electron chi connectivity index (χ4n) is 2.61. The topological polar surface area (TPSA) is 78.3 Å². The first-order valence-electron chi connectivity index (χ1n) is 7.90. The Morgan fingerprint density at radius 1 is 1.33 bits per heavy atom. The number of amides is 1. The van der Waals surface area contributed by atoms with Crippen molar-refractivity contribution in [1.82, 2.24) is 14.8 Å². The lowest BCUT2D eigenvalue weighted by atomic mass is 10.2. The van der Waals surface area contributed by atoms with Crippen LogP contribution in [0.2, 0.25) is 0 Å². The van der Waals surface area contributed by atoms with Gasteiger partial charge in [0, 0.05) is 17.8 Å². The number of ether oxygens (including phenoxy) is 2. The maximum atomic E-state index is 12.5. The third kappa shape index (κ3) is 2.93. The molecule has 8 heteroatoms. The van der Waals surface area contributed by atoms with Crippen molar-refractivity contribution in [3.05, 3.63) is 24.0 Å². The molecule has 2 aromatic rings. The molecular formula is C16H18N4O3S. The quantitative estimate of drug-likeness (QED) is 0.839. The van der Waals surface area contributed by atoms with Gasteiger partial charge in [0.25, 0.3) is 0 Å². The summed E-state index contributed by atoms with van der Waals surface area (Å²) < 4.78 is 12.7. The van der Waals surface area contributed by atoms with Gasteiger partial charge in [-0.3, -0.25) is 4.79 Å². The Hall–Kier alpha value is -2.22. The molecule has 1 aliphatic heterocycles. The molecular weight excluding hydrogens is 328 g/mol. The van der Waals surface area contributed by atoms with Crippen LogP contribution in [0.3, 0.4) is 0 Å². The molecule has 0 bridgehead atoms. The van der Waals surface area contributed by atoms with E-state index in [-0.39, 0.29) is 18.0 Å². The first-order valence-corrected chi connectivity index (χ1v) is 8.78. The molecule has 0 saturated heterocycles. The summed E-state index contributed by atoms with van der Waals surface area (Å²) in [6, 6.07) is 5.86. The average Bonchev–Trinajstić information content (AvgIpc) is 3.17. The summed E-state index contributed by atoms with van der Waals surface area (Å²) in [5.41, 5.74) is 0.691. The summed E-state index contributed by atoms with van der Waals surface area (Å²) in [5, 5.41) is 11.8. The molecule has 126 valence electrons. The van der Waals surface area contributed by atoms with Crippen molar-refractivity contribution in [2.24, 2.45) is 0 Å². The van der Waals surface area contributed by atoms with E-state index in [1.165, 1.54) is 11.8 Å². The van der Waals surface area contributed by atoms with Crippen LogP contribution in [0, 0.1) is 6.92 Å². The largest absolute Gasteiger partial charge is 0.454 e. The number of fused-ring (bicyclic) bond motifs is 1. The molecule has 1 aliphatic carbocycles. The zero-order valence-electron chi connectivity index (χ0n) is 13.5. The van der Waals surface area contributed by atoms with Crippen molar-refractivity contribution in [1.29, 1.82) is 0 Å². The maximum Gasteiger partial charge on any atom is 0.237 e. The molecule has 1 N–H and O–H groups in total. The number of carbonyl (C=O) groups is 1. The van der Waals surface area contributed by atoms with Crippen molar-refractivity contribution < 1.29 is 14.3 Å². The predicted molar refractivity (Wildman–Crippen MR) is 89.5 cm³/mol. The normalized spacial score (nSPS) is 16.9. The monoisotopic (exact) mass is 346 g/mol. The Morgan fingerprint density at radius 2 is 2.12 bits per heavy atom. The highest BCUT2D eigenvalue weighted by atomic mass is 32.2. The summed E-state index contributed by atoms with van der Waals surface area (Å²) in [4.78, 5) is 12.5. The van der Waals surface area contributed by atoms with E-state index in [1.807, 2.05) is 13.8 Å². The van der Waals surface area contributed by atoms with Crippen LogP contribution in [0.5, 0.6) is 11.5 Å². The third-order valence-corrected chi connectivity index (χ3v) is 5.10. The van der Waals surface area contributed by atoms with Crippen LogP contribution in [0.4, 0.5) is 5.69 Å². The molecule has 1 aromatic carbocycles. The Labute approximate surface area is 143 Å². The van der Waals surface area contributed by atoms with Crippen LogP contribution < -0.4 is 14.8 Å². The van der Waals surface area contributed by atoms with Gasteiger partial charge in [0.1, 0.15) is 5.82 Å². The number of carbonyl (C=O) groups excluding carboxylic acids is 1. The van der Waals surface area contributed by atoms with Gasteiger partial charge in [0.2, 0.25) is 12.7 Å². The molecule has 1 aromatic heterocycles. The van der Waals surface area contributed by atoms with Gasteiger partial charge in [-0.25, -0.2) is 0 Å². The molecule has 1 saturated carbocycles. The van der Waals surface area contributed by atoms with Crippen LogP contribution in [0.1, 0.15) is 31.6 Å². The van der Waals surface area contributed by atoms with E-state index < -0.39 is 0 Å². The number of hydrogen-bond acceptors (Lipinski definition) is 6. The molecule has 1 atom stereocenters. The fraction of sp³-hybridized carbons (Fsp3) is 0.438. The SMILES string of the molecule is Cc1nnc(S[C@@H](C)C(=O)Nc2ccc3c(c2)OCO3)n1C1CC1. The summed E-state index contributed by atoms with van der Waals surface area (Å²) in [5.74, 6) is 2.17. The van der Waals surface area contributed by atoms with Crippen LogP contribution >= 0.6 is 11.8 Å². The molecule has 0 radical (unpaired) electrons.